The topological polar surface area (TPSA) is 39.8 Å². The summed E-state index contributed by atoms with van der Waals surface area (Å²) in [4.78, 5) is 16.9. The number of thiazole rings is 1. The Morgan fingerprint density at radius 2 is 2.27 bits per heavy atom. The summed E-state index contributed by atoms with van der Waals surface area (Å²) < 4.78 is 3.43. The lowest BCUT2D eigenvalue weighted by atomic mass is 10.4. The van der Waals surface area contributed by atoms with Crippen molar-refractivity contribution in [2.24, 2.45) is 0 Å². The van der Waals surface area contributed by atoms with E-state index in [2.05, 4.69) is 4.98 Å². The number of rotatable bonds is 3. The molecule has 0 unspecified atom stereocenters. The van der Waals surface area contributed by atoms with Gasteiger partial charge in [-0.1, -0.05) is 0 Å². The van der Waals surface area contributed by atoms with Crippen molar-refractivity contribution in [3.63, 3.8) is 0 Å². The van der Waals surface area contributed by atoms with Gasteiger partial charge in [-0.05, 0) is 13.8 Å². The van der Waals surface area contributed by atoms with E-state index in [1.54, 1.807) is 32.2 Å². The summed E-state index contributed by atoms with van der Waals surface area (Å²) in [5.74, 6) is 0. The van der Waals surface area contributed by atoms with Gasteiger partial charge in [-0.15, -0.1) is 11.3 Å². The molecule has 0 atom stereocenters. The van der Waals surface area contributed by atoms with Crippen molar-refractivity contribution in [1.82, 2.24) is 14.1 Å². The highest BCUT2D eigenvalue weighted by atomic mass is 32.1. The molecule has 0 bridgehead atoms. The maximum absolute atomic E-state index is 11.8. The maximum Gasteiger partial charge on any atom is 0.328 e. The average molecular weight is 223 g/mol. The third-order valence-electron chi connectivity index (χ3n) is 2.24. The van der Waals surface area contributed by atoms with Gasteiger partial charge in [0.05, 0.1) is 12.1 Å². The zero-order valence-electron chi connectivity index (χ0n) is 8.75. The number of aromatic nitrogens is 3. The van der Waals surface area contributed by atoms with Crippen LogP contribution in [0.5, 0.6) is 0 Å². The molecule has 15 heavy (non-hydrogen) atoms. The van der Waals surface area contributed by atoms with Crippen LogP contribution in [0.25, 0.3) is 0 Å². The van der Waals surface area contributed by atoms with E-state index in [-0.39, 0.29) is 11.7 Å². The highest BCUT2D eigenvalue weighted by Crippen LogP contribution is 2.07. The van der Waals surface area contributed by atoms with Gasteiger partial charge in [0.1, 0.15) is 0 Å². The van der Waals surface area contributed by atoms with Crippen molar-refractivity contribution in [2.75, 3.05) is 0 Å². The molecule has 4 nitrogen and oxygen atoms in total. The van der Waals surface area contributed by atoms with Crippen LogP contribution in [-0.2, 0) is 6.54 Å². The second-order valence-corrected chi connectivity index (χ2v) is 4.65. The molecule has 0 N–H and O–H groups in total. The van der Waals surface area contributed by atoms with E-state index in [4.69, 9.17) is 0 Å². The monoisotopic (exact) mass is 223 g/mol. The molecule has 2 aromatic heterocycles. The molecule has 0 amide bonds. The summed E-state index contributed by atoms with van der Waals surface area (Å²) in [6, 6.07) is 0.209. The minimum Gasteiger partial charge on any atom is -0.297 e. The van der Waals surface area contributed by atoms with E-state index in [1.165, 1.54) is 0 Å². The Morgan fingerprint density at radius 1 is 1.47 bits per heavy atom. The van der Waals surface area contributed by atoms with Gasteiger partial charge in [0.25, 0.3) is 0 Å². The average Bonchev–Trinajstić information content (AvgIpc) is 2.78. The Hall–Kier alpha value is -1.36. The molecular weight excluding hydrogens is 210 g/mol. The minimum absolute atomic E-state index is 0.0402. The maximum atomic E-state index is 11.8. The first-order chi connectivity index (χ1) is 7.18. The molecule has 0 aromatic carbocycles. The fourth-order valence-electron chi connectivity index (χ4n) is 1.43. The normalized spacial score (nSPS) is 11.1. The molecule has 0 saturated carbocycles. The highest BCUT2D eigenvalue weighted by Gasteiger charge is 2.06. The van der Waals surface area contributed by atoms with Crippen LogP contribution in [0.15, 0.2) is 28.9 Å². The van der Waals surface area contributed by atoms with Crippen LogP contribution in [-0.4, -0.2) is 14.1 Å². The highest BCUT2D eigenvalue weighted by molar-refractivity contribution is 7.09. The summed E-state index contributed by atoms with van der Waals surface area (Å²) >= 11 is 1.56. The van der Waals surface area contributed by atoms with Gasteiger partial charge in [-0.3, -0.25) is 14.1 Å². The summed E-state index contributed by atoms with van der Waals surface area (Å²) in [5.41, 5.74) is 1.82. The van der Waals surface area contributed by atoms with Crippen LogP contribution >= 0.6 is 11.3 Å². The third-order valence-corrected chi connectivity index (χ3v) is 3.00. The molecule has 2 aromatic rings. The number of nitrogens with zero attached hydrogens (tertiary/aromatic N) is 3. The molecule has 80 valence electrons. The first kappa shape index (κ1) is 10.2. The number of hydrogen-bond acceptors (Lipinski definition) is 3. The van der Waals surface area contributed by atoms with Crippen LogP contribution in [0, 0.1) is 0 Å². The van der Waals surface area contributed by atoms with Crippen molar-refractivity contribution >= 4 is 11.3 Å². The van der Waals surface area contributed by atoms with Crippen LogP contribution in [0.3, 0.4) is 0 Å². The number of imidazole rings is 1. The van der Waals surface area contributed by atoms with Crippen LogP contribution in [0.2, 0.25) is 0 Å². The molecule has 0 spiro atoms. The molecule has 0 fully saturated rings. The van der Waals surface area contributed by atoms with E-state index in [1.807, 2.05) is 26.2 Å². The quantitative estimate of drug-likeness (QED) is 0.795. The number of hydrogen-bond donors (Lipinski definition) is 0. The summed E-state index contributed by atoms with van der Waals surface area (Å²) in [6.07, 6.45) is 5.44. The van der Waals surface area contributed by atoms with Crippen LogP contribution < -0.4 is 5.69 Å². The Labute approximate surface area is 91.8 Å². The van der Waals surface area contributed by atoms with E-state index in [0.29, 0.717) is 6.54 Å². The summed E-state index contributed by atoms with van der Waals surface area (Å²) in [6.45, 7) is 4.61. The van der Waals surface area contributed by atoms with E-state index >= 15 is 0 Å². The second-order valence-electron chi connectivity index (χ2n) is 3.68. The predicted molar refractivity (Wildman–Crippen MR) is 60.3 cm³/mol. The molecule has 2 heterocycles. The lowest BCUT2D eigenvalue weighted by Gasteiger charge is -2.03. The molecule has 0 aliphatic rings. The summed E-state index contributed by atoms with van der Waals surface area (Å²) in [5, 5.41) is 0. The van der Waals surface area contributed by atoms with Crippen LogP contribution in [0.1, 0.15) is 24.8 Å². The molecule has 2 rings (SSSR count). The van der Waals surface area contributed by atoms with Gasteiger partial charge in [0.15, 0.2) is 0 Å². The Bertz CT molecular complexity index is 481. The zero-order valence-corrected chi connectivity index (χ0v) is 9.57. The first-order valence-corrected chi connectivity index (χ1v) is 5.71. The van der Waals surface area contributed by atoms with Gasteiger partial charge in [0.2, 0.25) is 0 Å². The minimum atomic E-state index is 0.0402. The lowest BCUT2D eigenvalue weighted by molar-refractivity contribution is 0.562. The Morgan fingerprint density at radius 3 is 2.80 bits per heavy atom. The van der Waals surface area contributed by atoms with Gasteiger partial charge in [0, 0.05) is 29.5 Å². The zero-order chi connectivity index (χ0) is 10.8. The smallest absolute Gasteiger partial charge is 0.297 e. The van der Waals surface area contributed by atoms with Gasteiger partial charge < -0.3 is 0 Å². The fraction of sp³-hybridized carbons (Fsp3) is 0.400. The summed E-state index contributed by atoms with van der Waals surface area (Å²) in [7, 11) is 0. The Balaban J connectivity index is 2.27. The van der Waals surface area contributed by atoms with E-state index in [0.717, 1.165) is 4.88 Å². The molecule has 0 radical (unpaired) electrons. The largest absolute Gasteiger partial charge is 0.328 e. The molecular formula is C10H13N3OS. The molecule has 0 aliphatic carbocycles. The molecule has 0 saturated heterocycles. The van der Waals surface area contributed by atoms with Crippen LogP contribution in [0.4, 0.5) is 0 Å². The molecule has 5 heteroatoms. The fourth-order valence-corrected chi connectivity index (χ4v) is 2.02. The van der Waals surface area contributed by atoms with Gasteiger partial charge in [-0.25, -0.2) is 4.79 Å². The standard InChI is InChI=1S/C10H13N3OS/c1-8(2)13-4-3-12(10(13)14)6-9-5-11-7-15-9/h3-5,7-8H,6H2,1-2H3. The van der Waals surface area contributed by atoms with Gasteiger partial charge >= 0.3 is 5.69 Å². The van der Waals surface area contributed by atoms with E-state index < -0.39 is 0 Å². The van der Waals surface area contributed by atoms with Crippen molar-refractivity contribution in [3.05, 3.63) is 39.5 Å². The lowest BCUT2D eigenvalue weighted by Crippen LogP contribution is -2.25. The van der Waals surface area contributed by atoms with E-state index in [9.17, 15) is 4.79 Å². The van der Waals surface area contributed by atoms with Gasteiger partial charge in [-0.2, -0.15) is 0 Å². The molecule has 0 aliphatic heterocycles. The predicted octanol–water partition coefficient (Wildman–Crippen LogP) is 1.74. The Kier molecular flexibility index (Phi) is 2.73. The van der Waals surface area contributed by atoms with Crippen molar-refractivity contribution < 1.29 is 0 Å². The SMILES string of the molecule is CC(C)n1ccn(Cc2cncs2)c1=O. The second kappa shape index (κ2) is 4.02. The first-order valence-electron chi connectivity index (χ1n) is 4.83. The van der Waals surface area contributed by atoms with Crippen molar-refractivity contribution in [3.8, 4) is 0 Å². The van der Waals surface area contributed by atoms with Crippen molar-refractivity contribution in [1.29, 1.82) is 0 Å². The third kappa shape index (κ3) is 2.02. The van der Waals surface area contributed by atoms with Crippen molar-refractivity contribution in [2.45, 2.75) is 26.4 Å².